The van der Waals surface area contributed by atoms with Gasteiger partial charge in [-0.25, -0.2) is 18.4 Å². The molecular weight excluding hydrogens is 516 g/mol. The van der Waals surface area contributed by atoms with E-state index in [4.69, 9.17) is 9.88 Å². The molecule has 2 saturated carbocycles. The normalized spacial score (nSPS) is 31.7. The molecular formula is C30H36N2O6S. The number of rotatable bonds is 4. The van der Waals surface area contributed by atoms with Crippen LogP contribution in [-0.2, 0) is 26.0 Å². The smallest absolute Gasteiger partial charge is 0.329 e. The molecule has 0 radical (unpaired) electrons. The van der Waals surface area contributed by atoms with Gasteiger partial charge in [-0.1, -0.05) is 13.0 Å². The Balaban J connectivity index is 1.15. The number of amides is 1. The summed E-state index contributed by atoms with van der Waals surface area (Å²) in [6, 6.07) is 10.7. The van der Waals surface area contributed by atoms with Crippen LogP contribution >= 0.6 is 0 Å². The molecule has 0 aromatic heterocycles. The minimum absolute atomic E-state index is 0.0604. The van der Waals surface area contributed by atoms with Crippen molar-refractivity contribution in [3.05, 3.63) is 59.2 Å². The molecule has 208 valence electrons. The number of aryl methyl sites for hydroxylation is 1. The molecule has 3 fully saturated rings. The number of fused-ring (bicyclic) bond motifs is 5. The fraction of sp³-hybridized carbons (Fsp3) is 0.533. The molecule has 0 spiro atoms. The summed E-state index contributed by atoms with van der Waals surface area (Å²) in [6.07, 6.45) is 7.08. The first-order valence-corrected chi connectivity index (χ1v) is 15.6. The average Bonchev–Trinajstić information content (AvgIpc) is 3.52. The summed E-state index contributed by atoms with van der Waals surface area (Å²) in [4.78, 5) is 28.2. The molecule has 8 nitrogen and oxygen atoms in total. The van der Waals surface area contributed by atoms with E-state index in [2.05, 4.69) is 13.0 Å². The Morgan fingerprint density at radius 3 is 2.56 bits per heavy atom. The van der Waals surface area contributed by atoms with Crippen molar-refractivity contribution in [2.75, 3.05) is 6.54 Å². The first-order chi connectivity index (χ1) is 18.6. The maximum Gasteiger partial charge on any atom is 0.329 e. The largest absolute Gasteiger partial charge is 0.508 e. The summed E-state index contributed by atoms with van der Waals surface area (Å²) in [6.45, 7) is 2.74. The summed E-state index contributed by atoms with van der Waals surface area (Å²) in [5.41, 5.74) is 2.89. The second-order valence-corrected chi connectivity index (χ2v) is 13.6. The topological polar surface area (TPSA) is 127 Å². The molecule has 1 heterocycles. The predicted molar refractivity (Wildman–Crippen MR) is 144 cm³/mol. The van der Waals surface area contributed by atoms with Crippen LogP contribution in [0.5, 0.6) is 5.75 Å². The van der Waals surface area contributed by atoms with Crippen molar-refractivity contribution in [3.63, 3.8) is 0 Å². The van der Waals surface area contributed by atoms with Crippen LogP contribution in [0.3, 0.4) is 0 Å². The molecule has 1 saturated heterocycles. The number of sulfonamides is 1. The van der Waals surface area contributed by atoms with Crippen LogP contribution in [0.15, 0.2) is 47.4 Å². The summed E-state index contributed by atoms with van der Waals surface area (Å²) in [5.74, 6) is 1.22. The molecule has 3 N–H and O–H groups in total. The number of nitrogens with zero attached hydrogens (tertiary/aromatic N) is 1. The van der Waals surface area contributed by atoms with Crippen LogP contribution in [0.25, 0.3) is 0 Å². The Morgan fingerprint density at radius 1 is 1.05 bits per heavy atom. The third-order valence-electron chi connectivity index (χ3n) is 10.1. The van der Waals surface area contributed by atoms with Crippen molar-refractivity contribution in [3.8, 4) is 5.75 Å². The second-order valence-electron chi connectivity index (χ2n) is 12.1. The van der Waals surface area contributed by atoms with Gasteiger partial charge < -0.3 is 14.7 Å². The van der Waals surface area contributed by atoms with E-state index in [9.17, 15) is 23.1 Å². The van der Waals surface area contributed by atoms with Gasteiger partial charge in [0.1, 0.15) is 17.9 Å². The van der Waals surface area contributed by atoms with E-state index in [1.54, 1.807) is 11.0 Å². The van der Waals surface area contributed by atoms with E-state index < -0.39 is 16.1 Å². The molecule has 1 amide bonds. The van der Waals surface area contributed by atoms with Crippen LogP contribution in [0, 0.1) is 17.3 Å². The molecule has 4 aliphatic rings. The van der Waals surface area contributed by atoms with Crippen LogP contribution in [0.2, 0.25) is 0 Å². The zero-order valence-corrected chi connectivity index (χ0v) is 23.0. The fourth-order valence-corrected chi connectivity index (χ4v) is 8.66. The maximum atomic E-state index is 13.5. The van der Waals surface area contributed by atoms with Gasteiger partial charge in [0.25, 0.3) is 5.91 Å². The molecule has 2 aromatic carbocycles. The number of likely N-dealkylation sites (tertiary alicyclic amines) is 1. The highest BCUT2D eigenvalue weighted by atomic mass is 32.2. The van der Waals surface area contributed by atoms with E-state index in [0.717, 1.165) is 38.5 Å². The van der Waals surface area contributed by atoms with Gasteiger partial charge in [0.2, 0.25) is 10.0 Å². The Bertz CT molecular complexity index is 1410. The summed E-state index contributed by atoms with van der Waals surface area (Å²) < 4.78 is 29.4. The third-order valence-corrected chi connectivity index (χ3v) is 11.0. The van der Waals surface area contributed by atoms with Gasteiger partial charge in [-0.05, 0) is 117 Å². The highest BCUT2D eigenvalue weighted by Gasteiger charge is 2.56. The quantitative estimate of drug-likeness (QED) is 0.550. The molecule has 1 aliphatic heterocycles. The Labute approximate surface area is 229 Å². The zero-order chi connectivity index (χ0) is 27.5. The van der Waals surface area contributed by atoms with Gasteiger partial charge in [-0.2, -0.15) is 0 Å². The number of benzene rings is 2. The summed E-state index contributed by atoms with van der Waals surface area (Å²) >= 11 is 0. The van der Waals surface area contributed by atoms with Gasteiger partial charge in [-0.3, -0.25) is 4.79 Å². The molecule has 6 rings (SSSR count). The average molecular weight is 553 g/mol. The molecule has 6 atom stereocenters. The molecule has 3 unspecified atom stereocenters. The van der Waals surface area contributed by atoms with Gasteiger partial charge in [-0.15, -0.1) is 0 Å². The number of hydrogen-bond acceptors (Lipinski definition) is 6. The summed E-state index contributed by atoms with van der Waals surface area (Å²) in [5, 5.41) is 15.1. The van der Waals surface area contributed by atoms with Crippen molar-refractivity contribution in [1.82, 2.24) is 4.90 Å². The minimum atomic E-state index is -3.85. The van der Waals surface area contributed by atoms with E-state index in [1.165, 1.54) is 35.4 Å². The number of ether oxygens (including phenoxy) is 1. The van der Waals surface area contributed by atoms with Gasteiger partial charge in [0.05, 0.1) is 4.90 Å². The molecule has 3 aliphatic carbocycles. The SMILES string of the molecule is C[C@]12CCC3c4ccc(O)cc4CCC3C1CC[C@@H]2OC(=O)[C@@H]1CCCN1C(=O)c1ccc(S(N)(=O)=O)cc1. The van der Waals surface area contributed by atoms with E-state index >= 15 is 0 Å². The molecule has 2 aromatic rings. The lowest BCUT2D eigenvalue weighted by Crippen LogP contribution is -2.47. The molecule has 0 bridgehead atoms. The number of carbonyl (C=O) groups is 2. The summed E-state index contributed by atoms with van der Waals surface area (Å²) in [7, 11) is -3.85. The highest BCUT2D eigenvalue weighted by molar-refractivity contribution is 7.89. The number of aromatic hydroxyl groups is 1. The standard InChI is InChI=1S/C30H36N2O6S/c1-30-15-14-23-22-11-7-20(33)17-19(22)6-10-24(23)25(30)12-13-27(30)38-29(35)26-3-2-16-32(26)28(34)18-4-8-21(9-5-18)39(31,36)37/h4-5,7-9,11,17,23-27,33H,2-3,6,10,12-16H2,1H3,(H2,31,36,37)/t23?,24?,25?,26-,27-,30-/m0/s1. The monoisotopic (exact) mass is 552 g/mol. The van der Waals surface area contributed by atoms with Crippen LogP contribution in [0.4, 0.5) is 0 Å². The van der Waals surface area contributed by atoms with Crippen molar-refractivity contribution >= 4 is 21.9 Å². The van der Waals surface area contributed by atoms with Crippen molar-refractivity contribution in [1.29, 1.82) is 0 Å². The number of esters is 1. The molecule has 39 heavy (non-hydrogen) atoms. The lowest BCUT2D eigenvalue weighted by molar-refractivity contribution is -0.162. The number of nitrogens with two attached hydrogens (primary N) is 1. The predicted octanol–water partition coefficient (Wildman–Crippen LogP) is 4.11. The van der Waals surface area contributed by atoms with Crippen LogP contribution in [-0.4, -0.2) is 49.0 Å². The Morgan fingerprint density at radius 2 is 1.82 bits per heavy atom. The third kappa shape index (κ3) is 4.53. The highest BCUT2D eigenvalue weighted by Crippen LogP contribution is 2.61. The minimum Gasteiger partial charge on any atom is -0.508 e. The van der Waals surface area contributed by atoms with Gasteiger partial charge in [0, 0.05) is 17.5 Å². The number of carbonyl (C=O) groups excluding carboxylic acids is 2. The second kappa shape index (κ2) is 9.63. The molecule has 9 heteroatoms. The fourth-order valence-electron chi connectivity index (χ4n) is 8.14. The lowest BCUT2D eigenvalue weighted by atomic mass is 9.55. The first kappa shape index (κ1) is 26.3. The number of phenols is 1. The van der Waals surface area contributed by atoms with Gasteiger partial charge in [0.15, 0.2) is 0 Å². The van der Waals surface area contributed by atoms with Crippen LogP contribution in [0.1, 0.15) is 79.3 Å². The van der Waals surface area contributed by atoms with Crippen molar-refractivity contribution in [2.45, 2.75) is 81.2 Å². The Kier molecular flexibility index (Phi) is 6.50. The van der Waals surface area contributed by atoms with E-state index in [1.807, 2.05) is 6.07 Å². The number of primary sulfonamides is 1. The van der Waals surface area contributed by atoms with Crippen molar-refractivity contribution in [2.24, 2.45) is 22.4 Å². The van der Waals surface area contributed by atoms with Crippen LogP contribution < -0.4 is 5.14 Å². The maximum absolute atomic E-state index is 13.5. The Hall–Kier alpha value is -2.91. The van der Waals surface area contributed by atoms with E-state index in [-0.39, 0.29) is 28.3 Å². The lowest BCUT2D eigenvalue weighted by Gasteiger charge is -2.50. The number of hydrogen-bond donors (Lipinski definition) is 2. The first-order valence-electron chi connectivity index (χ1n) is 14.0. The number of phenolic OH excluding ortho intramolecular Hbond substituents is 1. The van der Waals surface area contributed by atoms with Crippen molar-refractivity contribution < 1.29 is 27.9 Å². The van der Waals surface area contributed by atoms with Gasteiger partial charge >= 0.3 is 5.97 Å². The van der Waals surface area contributed by atoms with E-state index in [0.29, 0.717) is 48.5 Å². The zero-order valence-electron chi connectivity index (χ0n) is 22.2.